The quantitative estimate of drug-likeness (QED) is 0.0749. The number of fused-ring (bicyclic) bond motifs is 1. The lowest BCUT2D eigenvalue weighted by atomic mass is 9.71. The van der Waals surface area contributed by atoms with Crippen molar-refractivity contribution < 1.29 is 34.5 Å². The van der Waals surface area contributed by atoms with E-state index in [1.807, 2.05) is 81.7 Å². The number of carbonyl (C=O) groups excluding carboxylic acids is 4. The maximum absolute atomic E-state index is 14.6. The Morgan fingerprint density at radius 2 is 1.49 bits per heavy atom. The van der Waals surface area contributed by atoms with Crippen molar-refractivity contribution in [2.75, 3.05) is 44.2 Å². The first-order valence-corrected chi connectivity index (χ1v) is 25.5. The number of carbonyl (C=O) groups is 4. The van der Waals surface area contributed by atoms with Crippen molar-refractivity contribution in [1.29, 1.82) is 0 Å². The minimum Gasteiger partial charge on any atom is -0.508 e. The summed E-state index contributed by atoms with van der Waals surface area (Å²) in [5.74, 6) is -0.977. The van der Waals surface area contributed by atoms with E-state index in [9.17, 15) is 34.5 Å². The number of phenolic OH excluding ortho intramolecular Hbond substituents is 2. The van der Waals surface area contributed by atoms with Gasteiger partial charge in [0.15, 0.2) is 5.78 Å². The van der Waals surface area contributed by atoms with Crippen LogP contribution in [0.5, 0.6) is 11.5 Å². The summed E-state index contributed by atoms with van der Waals surface area (Å²) in [6.45, 7) is 11.4. The lowest BCUT2D eigenvalue weighted by Gasteiger charge is -2.47. The summed E-state index contributed by atoms with van der Waals surface area (Å²) < 4.78 is 0.809. The molecule has 13 nitrogen and oxygen atoms in total. The standard InChI is InChI=1S/C54H60N6O7S2/c1-33-48(68-32-56-33)36-7-5-34(6-8-36)30-60(51(66)43-27-41(63)29-55-43)52(67)50(53(2,3)4)57-45(64)31-58-23-19-54(20-24-58)21-25-59(26-22-54)38-13-9-35(10-14-38)47(65)46-42-18-17-40(62)28-44(42)69-49(46)37-11-15-39(61)16-12-37/h5-18,28,32,41,43,50,55,61-63H,19-27,29-31H2,1-4H3,(H,57,64)/t41-,43+,50-/m1/s1. The van der Waals surface area contributed by atoms with Gasteiger partial charge in [0.25, 0.3) is 5.91 Å². The number of benzene rings is 4. The number of aromatic nitrogens is 1. The zero-order valence-electron chi connectivity index (χ0n) is 39.5. The Morgan fingerprint density at radius 3 is 2.12 bits per heavy atom. The second kappa shape index (κ2) is 19.8. The first kappa shape index (κ1) is 48.1. The second-order valence-corrected chi connectivity index (χ2v) is 22.0. The van der Waals surface area contributed by atoms with Gasteiger partial charge in [-0.15, -0.1) is 22.7 Å². The number of ketones is 1. The van der Waals surface area contributed by atoms with Crippen molar-refractivity contribution in [1.82, 2.24) is 25.4 Å². The summed E-state index contributed by atoms with van der Waals surface area (Å²) in [5.41, 5.74) is 7.02. The number of aromatic hydroxyl groups is 2. The number of rotatable bonds is 12. The molecule has 2 aromatic heterocycles. The van der Waals surface area contributed by atoms with Crippen LogP contribution in [-0.4, -0.2) is 111 Å². The molecular formula is C54H60N6O7S2. The third kappa shape index (κ3) is 10.5. The maximum Gasteiger partial charge on any atom is 0.252 e. The molecule has 0 saturated carbocycles. The number of thiophene rings is 1. The molecule has 3 atom stereocenters. The van der Waals surface area contributed by atoms with E-state index >= 15 is 0 Å². The van der Waals surface area contributed by atoms with E-state index in [4.69, 9.17) is 0 Å². The highest BCUT2D eigenvalue weighted by atomic mass is 32.1. The molecule has 0 radical (unpaired) electrons. The molecular weight excluding hydrogens is 909 g/mol. The number of hydrogen-bond acceptors (Lipinski definition) is 13. The summed E-state index contributed by atoms with van der Waals surface area (Å²) in [4.78, 5) is 68.7. The van der Waals surface area contributed by atoms with Gasteiger partial charge < -0.3 is 30.9 Å². The zero-order valence-corrected chi connectivity index (χ0v) is 41.2. The average Bonchev–Trinajstić information content (AvgIpc) is 4.08. The summed E-state index contributed by atoms with van der Waals surface area (Å²) in [5, 5.41) is 37.3. The Labute approximate surface area is 410 Å². The fourth-order valence-electron chi connectivity index (χ4n) is 10.1. The minimum absolute atomic E-state index is 0.0251. The van der Waals surface area contributed by atoms with Gasteiger partial charge in [0.05, 0.1) is 41.3 Å². The number of nitrogens with one attached hydrogen (secondary N) is 2. The van der Waals surface area contributed by atoms with Crippen LogP contribution >= 0.6 is 22.7 Å². The molecule has 5 N–H and O–H groups in total. The topological polar surface area (TPSA) is 176 Å². The number of piperidine rings is 2. The van der Waals surface area contributed by atoms with Gasteiger partial charge in [-0.25, -0.2) is 4.98 Å². The van der Waals surface area contributed by atoms with E-state index < -0.39 is 35.4 Å². The van der Waals surface area contributed by atoms with Crippen LogP contribution in [0.3, 0.4) is 0 Å². The highest BCUT2D eigenvalue weighted by Gasteiger charge is 2.42. The maximum atomic E-state index is 14.6. The number of hydrogen-bond donors (Lipinski definition) is 5. The van der Waals surface area contributed by atoms with Crippen LogP contribution in [0.2, 0.25) is 0 Å². The monoisotopic (exact) mass is 968 g/mol. The third-order valence-corrected chi connectivity index (χ3v) is 16.5. The fraction of sp³-hybridized carbons (Fsp3) is 0.389. The lowest BCUT2D eigenvalue weighted by Crippen LogP contribution is -2.59. The highest BCUT2D eigenvalue weighted by Crippen LogP contribution is 2.44. The Morgan fingerprint density at radius 1 is 0.855 bits per heavy atom. The number of likely N-dealkylation sites (tertiary alicyclic amines) is 1. The largest absolute Gasteiger partial charge is 0.508 e. The van der Waals surface area contributed by atoms with Gasteiger partial charge in [-0.05, 0) is 146 Å². The lowest BCUT2D eigenvalue weighted by molar-refractivity contribution is -0.151. The molecule has 6 aromatic rings. The van der Waals surface area contributed by atoms with Gasteiger partial charge in [0.1, 0.15) is 17.5 Å². The number of aliphatic hydroxyl groups is 1. The smallest absolute Gasteiger partial charge is 0.252 e. The minimum atomic E-state index is -0.971. The number of thiazole rings is 1. The molecule has 1 spiro atoms. The number of phenols is 2. The van der Waals surface area contributed by atoms with Gasteiger partial charge in [-0.1, -0.05) is 45.0 Å². The normalized spacial score (nSPS) is 18.9. The molecule has 3 fully saturated rings. The van der Waals surface area contributed by atoms with Crippen molar-refractivity contribution in [2.24, 2.45) is 10.8 Å². The number of anilines is 1. The fourth-order valence-corrected chi connectivity index (χ4v) is 12.2. The third-order valence-electron chi connectivity index (χ3n) is 14.3. The predicted molar refractivity (Wildman–Crippen MR) is 272 cm³/mol. The Hall–Kier alpha value is -5.97. The molecule has 0 bridgehead atoms. The van der Waals surface area contributed by atoms with Gasteiger partial charge in [-0.3, -0.25) is 29.0 Å². The van der Waals surface area contributed by atoms with E-state index in [2.05, 4.69) is 25.4 Å². The predicted octanol–water partition coefficient (Wildman–Crippen LogP) is 8.13. The van der Waals surface area contributed by atoms with Crippen LogP contribution in [0.1, 0.15) is 80.1 Å². The van der Waals surface area contributed by atoms with Crippen LogP contribution in [0, 0.1) is 17.8 Å². The first-order chi connectivity index (χ1) is 33.0. The van der Waals surface area contributed by atoms with Gasteiger partial charge in [-0.2, -0.15) is 0 Å². The van der Waals surface area contributed by atoms with Crippen LogP contribution < -0.4 is 15.5 Å². The van der Waals surface area contributed by atoms with Crippen molar-refractivity contribution in [3.05, 3.63) is 119 Å². The summed E-state index contributed by atoms with van der Waals surface area (Å²) in [6, 6.07) is 25.8. The molecule has 3 amide bonds. The van der Waals surface area contributed by atoms with E-state index in [0.29, 0.717) is 11.1 Å². The molecule has 0 aliphatic carbocycles. The van der Waals surface area contributed by atoms with Crippen LogP contribution in [-0.2, 0) is 20.9 Å². The highest BCUT2D eigenvalue weighted by molar-refractivity contribution is 7.22. The Balaban J connectivity index is 0.805. The number of nitrogens with zero attached hydrogens (tertiary/aromatic N) is 4. The molecule has 360 valence electrons. The molecule has 9 rings (SSSR count). The molecule has 15 heteroatoms. The molecule has 3 aliphatic heterocycles. The van der Waals surface area contributed by atoms with Crippen molar-refractivity contribution >= 4 is 62.0 Å². The number of β-amino-alcohol motifs (C(OH)–C–C–N with tert-alkyl or cyclic N) is 1. The molecule has 3 aliphatic rings. The average molecular weight is 969 g/mol. The van der Waals surface area contributed by atoms with Gasteiger partial charge in [0.2, 0.25) is 11.8 Å². The number of imide groups is 1. The van der Waals surface area contributed by atoms with Gasteiger partial charge >= 0.3 is 0 Å². The van der Waals surface area contributed by atoms with Crippen molar-refractivity contribution in [2.45, 2.75) is 84.5 Å². The summed E-state index contributed by atoms with van der Waals surface area (Å²) in [6.07, 6.45) is 3.47. The molecule has 0 unspecified atom stereocenters. The zero-order chi connectivity index (χ0) is 48.6. The number of aliphatic hydroxyl groups excluding tert-OH is 1. The van der Waals surface area contributed by atoms with E-state index in [-0.39, 0.29) is 54.7 Å². The molecule has 3 saturated heterocycles. The van der Waals surface area contributed by atoms with E-state index in [1.54, 1.807) is 53.8 Å². The molecule has 4 aromatic carbocycles. The van der Waals surface area contributed by atoms with Crippen molar-refractivity contribution in [3.8, 4) is 32.4 Å². The number of amides is 3. The Bertz CT molecular complexity index is 2840. The Kier molecular flexibility index (Phi) is 13.8. The SMILES string of the molecule is Cc1ncsc1-c1ccc(CN(C(=O)[C@@H]2C[C@@H](O)CN2)C(=O)[C@@H](NC(=O)CN2CCC3(CC2)CCN(c2ccc(C(=O)c4c(-c5ccc(O)cc5)sc5cc(O)ccc45)cc2)CC3)C(C)(C)C)cc1. The van der Waals surface area contributed by atoms with E-state index in [0.717, 1.165) is 99.8 Å². The first-order valence-electron chi connectivity index (χ1n) is 23.8. The molecule has 5 heterocycles. The summed E-state index contributed by atoms with van der Waals surface area (Å²) in [7, 11) is 0. The van der Waals surface area contributed by atoms with E-state index in [1.165, 1.54) is 16.2 Å². The van der Waals surface area contributed by atoms with Gasteiger partial charge in [0, 0.05) is 51.4 Å². The van der Waals surface area contributed by atoms with Crippen LogP contribution in [0.15, 0.2) is 96.5 Å². The number of aryl methyl sites for hydroxylation is 1. The van der Waals surface area contributed by atoms with Crippen molar-refractivity contribution in [3.63, 3.8) is 0 Å². The molecule has 69 heavy (non-hydrogen) atoms. The second-order valence-electron chi connectivity index (χ2n) is 20.1. The summed E-state index contributed by atoms with van der Waals surface area (Å²) >= 11 is 3.00. The van der Waals surface area contributed by atoms with Crippen LogP contribution in [0.4, 0.5) is 5.69 Å². The van der Waals surface area contributed by atoms with Crippen LogP contribution in [0.25, 0.3) is 31.0 Å².